The number of rotatable bonds is 7. The second-order valence-corrected chi connectivity index (χ2v) is 19.2. The first-order chi connectivity index (χ1) is 36.2. The Balaban J connectivity index is 1.07. The molecule has 0 aliphatic heterocycles. The summed E-state index contributed by atoms with van der Waals surface area (Å²) in [5.41, 5.74) is 25.6. The van der Waals surface area contributed by atoms with Crippen LogP contribution in [0.5, 0.6) is 0 Å². The number of hydrogen-bond acceptors (Lipinski definition) is 2. The van der Waals surface area contributed by atoms with Crippen molar-refractivity contribution >= 4 is 0 Å². The first-order valence-corrected chi connectivity index (χ1v) is 25.1. The molecular weight excluding hydrogens is 881 g/mol. The van der Waals surface area contributed by atoms with Crippen molar-refractivity contribution in [2.24, 2.45) is 0 Å². The average molecular weight is 927 g/mol. The van der Waals surface area contributed by atoms with Crippen molar-refractivity contribution in [2.45, 2.75) is 5.41 Å². The van der Waals surface area contributed by atoms with Gasteiger partial charge in [0.1, 0.15) is 0 Å². The molecule has 0 amide bonds. The third kappa shape index (κ3) is 7.02. The van der Waals surface area contributed by atoms with E-state index >= 15 is 0 Å². The van der Waals surface area contributed by atoms with E-state index in [-0.39, 0.29) is 0 Å². The minimum atomic E-state index is -0.629. The second-order valence-electron chi connectivity index (χ2n) is 19.2. The molecule has 2 heteroatoms. The molecule has 12 aromatic rings. The van der Waals surface area contributed by atoms with E-state index in [0.717, 1.165) is 72.6 Å². The summed E-state index contributed by atoms with van der Waals surface area (Å²) in [6.45, 7) is 0. The fraction of sp³-hybridized carbons (Fsp3) is 0.0141. The van der Waals surface area contributed by atoms with Gasteiger partial charge in [0.05, 0.1) is 16.8 Å². The highest BCUT2D eigenvalue weighted by Crippen LogP contribution is 2.62. The fourth-order valence-electron chi connectivity index (χ4n) is 11.9. The van der Waals surface area contributed by atoms with Crippen LogP contribution in [-0.2, 0) is 5.41 Å². The molecule has 2 aliphatic carbocycles. The van der Waals surface area contributed by atoms with Crippen LogP contribution in [0.1, 0.15) is 22.3 Å². The van der Waals surface area contributed by atoms with Gasteiger partial charge in [0.15, 0.2) is 5.82 Å². The molecular formula is C71H46N2. The largest absolute Gasteiger partial charge is 0.228 e. The molecule has 0 fully saturated rings. The van der Waals surface area contributed by atoms with Crippen LogP contribution in [0.25, 0.3) is 112 Å². The minimum absolute atomic E-state index is 0.629. The molecule has 0 N–H and O–H groups in total. The molecule has 1 heterocycles. The van der Waals surface area contributed by atoms with E-state index in [0.29, 0.717) is 5.82 Å². The molecule has 340 valence electrons. The number of aromatic nitrogens is 2. The smallest absolute Gasteiger partial charge is 0.160 e. The van der Waals surface area contributed by atoms with Crippen LogP contribution < -0.4 is 0 Å². The van der Waals surface area contributed by atoms with E-state index in [1.54, 1.807) is 0 Å². The van der Waals surface area contributed by atoms with E-state index in [2.05, 4.69) is 279 Å². The van der Waals surface area contributed by atoms with Crippen molar-refractivity contribution in [1.29, 1.82) is 0 Å². The number of nitrogens with zero attached hydrogens (tertiary/aromatic N) is 2. The zero-order chi connectivity index (χ0) is 48.3. The summed E-state index contributed by atoms with van der Waals surface area (Å²) in [6.07, 6.45) is 0. The van der Waals surface area contributed by atoms with E-state index < -0.39 is 5.41 Å². The summed E-state index contributed by atoms with van der Waals surface area (Å²) < 4.78 is 0. The lowest BCUT2D eigenvalue weighted by molar-refractivity contribution is 0.775. The lowest BCUT2D eigenvalue weighted by Crippen LogP contribution is -2.29. The third-order valence-electron chi connectivity index (χ3n) is 15.1. The molecule has 0 saturated heterocycles. The average Bonchev–Trinajstić information content (AvgIpc) is 3.82. The number of fused-ring (bicyclic) bond motifs is 12. The quantitative estimate of drug-likeness (QED) is 0.159. The normalized spacial score (nSPS) is 12.5. The summed E-state index contributed by atoms with van der Waals surface area (Å²) in [5.74, 6) is 0.660. The highest BCUT2D eigenvalue weighted by Gasteiger charge is 2.50. The minimum Gasteiger partial charge on any atom is -0.228 e. The van der Waals surface area contributed by atoms with Gasteiger partial charge in [-0.3, -0.25) is 0 Å². The van der Waals surface area contributed by atoms with Crippen molar-refractivity contribution in [2.75, 3.05) is 0 Å². The van der Waals surface area contributed by atoms with E-state index in [1.807, 2.05) is 0 Å². The molecule has 1 aromatic heterocycles. The first kappa shape index (κ1) is 42.4. The van der Waals surface area contributed by atoms with Gasteiger partial charge in [-0.05, 0) is 143 Å². The van der Waals surface area contributed by atoms with Gasteiger partial charge in [0.2, 0.25) is 0 Å². The molecule has 2 aliphatic rings. The van der Waals surface area contributed by atoms with Crippen LogP contribution in [0.15, 0.2) is 279 Å². The Hall–Kier alpha value is -9.50. The third-order valence-corrected chi connectivity index (χ3v) is 15.1. The van der Waals surface area contributed by atoms with Gasteiger partial charge < -0.3 is 0 Å². The summed E-state index contributed by atoms with van der Waals surface area (Å²) in [5, 5.41) is 0. The molecule has 1 spiro atoms. The van der Waals surface area contributed by atoms with E-state index in [9.17, 15) is 0 Å². The van der Waals surface area contributed by atoms with Gasteiger partial charge in [-0.15, -0.1) is 0 Å². The monoisotopic (exact) mass is 926 g/mol. The predicted octanol–water partition coefficient (Wildman–Crippen LogP) is 18.2. The van der Waals surface area contributed by atoms with Crippen LogP contribution in [0.2, 0.25) is 0 Å². The Morgan fingerprint density at radius 2 is 0.534 bits per heavy atom. The summed E-state index contributed by atoms with van der Waals surface area (Å²) in [6, 6.07) is 102. The summed E-state index contributed by atoms with van der Waals surface area (Å²) >= 11 is 0. The Labute approximate surface area is 426 Å². The standard InChI is InChI=1S/C71H46N2/c1-5-22-47(23-6-1)51-40-52(48-24-7-2-8-25-48)43-55(42-51)67-46-68(73-70(72-67)56-44-53(49-26-9-3-10-27-49)41-54(45-56)50-28-11-4-12-29-50)62-35-21-39-66-69(62)61-34-17-20-38-65(61)71(66)63-36-18-15-32-59(63)57-30-13-14-31-58(57)60-33-16-19-37-64(60)71/h1-46H. The highest BCUT2D eigenvalue weighted by atomic mass is 14.9. The molecule has 2 nitrogen and oxygen atoms in total. The number of hydrogen-bond donors (Lipinski definition) is 0. The van der Waals surface area contributed by atoms with Crippen LogP contribution in [0, 0.1) is 0 Å². The maximum atomic E-state index is 5.74. The maximum absolute atomic E-state index is 5.74. The van der Waals surface area contributed by atoms with Crippen LogP contribution >= 0.6 is 0 Å². The molecule has 14 rings (SSSR count). The van der Waals surface area contributed by atoms with Gasteiger partial charge in [0, 0.05) is 16.7 Å². The van der Waals surface area contributed by atoms with Gasteiger partial charge in [-0.1, -0.05) is 237 Å². The van der Waals surface area contributed by atoms with Gasteiger partial charge >= 0.3 is 0 Å². The Bertz CT molecular complexity index is 3740. The number of benzene rings is 11. The molecule has 0 bridgehead atoms. The predicted molar refractivity (Wildman–Crippen MR) is 302 cm³/mol. The van der Waals surface area contributed by atoms with Crippen molar-refractivity contribution < 1.29 is 0 Å². The molecule has 0 atom stereocenters. The van der Waals surface area contributed by atoms with Crippen molar-refractivity contribution in [1.82, 2.24) is 9.97 Å². The SMILES string of the molecule is c1ccc(-c2cc(-c3ccccc3)cc(-c3cc(-c4cccc5c4-c4ccccc4C54c5ccccc5-c5ccccc5-c5ccccc54)nc(-c4cc(-c5ccccc5)cc(-c5ccccc5)c4)n3)c2)cc1. The fourth-order valence-corrected chi connectivity index (χ4v) is 11.9. The molecule has 0 radical (unpaired) electrons. The topological polar surface area (TPSA) is 25.8 Å². The van der Waals surface area contributed by atoms with Gasteiger partial charge in [-0.25, -0.2) is 9.97 Å². The van der Waals surface area contributed by atoms with Crippen molar-refractivity contribution in [3.05, 3.63) is 301 Å². The lowest BCUT2D eigenvalue weighted by atomic mass is 9.66. The second kappa shape index (κ2) is 17.4. The van der Waals surface area contributed by atoms with Gasteiger partial charge in [-0.2, -0.15) is 0 Å². The van der Waals surface area contributed by atoms with Crippen molar-refractivity contribution in [3.63, 3.8) is 0 Å². The van der Waals surface area contributed by atoms with E-state index in [1.165, 1.54) is 55.6 Å². The Kier molecular flexibility index (Phi) is 10.1. The molecule has 0 saturated carbocycles. The van der Waals surface area contributed by atoms with Crippen LogP contribution in [-0.4, -0.2) is 9.97 Å². The van der Waals surface area contributed by atoms with Crippen molar-refractivity contribution in [3.8, 4) is 112 Å². The summed E-state index contributed by atoms with van der Waals surface area (Å²) in [7, 11) is 0. The summed E-state index contributed by atoms with van der Waals surface area (Å²) in [4.78, 5) is 11.4. The Morgan fingerprint density at radius 1 is 0.205 bits per heavy atom. The molecule has 0 unspecified atom stereocenters. The molecule has 11 aromatic carbocycles. The zero-order valence-corrected chi connectivity index (χ0v) is 40.0. The van der Waals surface area contributed by atoms with Crippen LogP contribution in [0.4, 0.5) is 0 Å². The first-order valence-electron chi connectivity index (χ1n) is 25.1. The van der Waals surface area contributed by atoms with Gasteiger partial charge in [0.25, 0.3) is 0 Å². The van der Waals surface area contributed by atoms with Crippen LogP contribution in [0.3, 0.4) is 0 Å². The lowest BCUT2D eigenvalue weighted by Gasteiger charge is -2.35. The zero-order valence-electron chi connectivity index (χ0n) is 40.0. The van der Waals surface area contributed by atoms with E-state index in [4.69, 9.17) is 9.97 Å². The molecule has 73 heavy (non-hydrogen) atoms. The maximum Gasteiger partial charge on any atom is 0.160 e. The Morgan fingerprint density at radius 3 is 1.00 bits per heavy atom. The highest BCUT2D eigenvalue weighted by molar-refractivity contribution is 6.01.